The van der Waals surface area contributed by atoms with Gasteiger partial charge in [-0.05, 0) is 49.7 Å². The van der Waals surface area contributed by atoms with E-state index >= 15 is 0 Å². The third kappa shape index (κ3) is 3.48. The molecule has 0 aliphatic carbocycles. The maximum absolute atomic E-state index is 12.5. The number of hydrogen-bond donors (Lipinski definition) is 0. The van der Waals surface area contributed by atoms with Crippen LogP contribution in [0.3, 0.4) is 0 Å². The second-order valence-corrected chi connectivity index (χ2v) is 5.74. The molecule has 0 atom stereocenters. The molecular weight excluding hydrogens is 292 g/mol. The van der Waals surface area contributed by atoms with E-state index in [0.29, 0.717) is 13.1 Å². The van der Waals surface area contributed by atoms with Gasteiger partial charge in [0.05, 0.1) is 0 Å². The fraction of sp³-hybridized carbons (Fsp3) is 0.500. The molecule has 1 rings (SSSR count). The van der Waals surface area contributed by atoms with E-state index < -0.39 is 0 Å². The third-order valence-electron chi connectivity index (χ3n) is 2.72. The van der Waals surface area contributed by atoms with Gasteiger partial charge in [-0.25, -0.2) is 0 Å². The molecule has 0 aromatic carbocycles. The largest absolute Gasteiger partial charge is 0.340 e. The normalized spacial score (nSPS) is 10.8. The average molecular weight is 313 g/mol. The highest BCUT2D eigenvalue weighted by Crippen LogP contribution is 2.21. The van der Waals surface area contributed by atoms with E-state index in [2.05, 4.69) is 36.4 Å². The van der Waals surface area contributed by atoms with E-state index in [4.69, 9.17) is 0 Å². The summed E-state index contributed by atoms with van der Waals surface area (Å²) >= 11 is 3.43. The fourth-order valence-electron chi connectivity index (χ4n) is 1.86. The number of aromatic nitrogens is 1. The van der Waals surface area contributed by atoms with Crippen molar-refractivity contribution in [1.29, 1.82) is 0 Å². The number of carbonyl (C=O) groups excluding carboxylic acids is 1. The Morgan fingerprint density at radius 1 is 1.56 bits per heavy atom. The lowest BCUT2D eigenvalue weighted by Gasteiger charge is -2.22. The van der Waals surface area contributed by atoms with Gasteiger partial charge >= 0.3 is 0 Å². The van der Waals surface area contributed by atoms with Gasteiger partial charge in [0, 0.05) is 29.8 Å². The number of hydrogen-bond acceptors (Lipinski definition) is 1. The quantitative estimate of drug-likeness (QED) is 0.758. The van der Waals surface area contributed by atoms with E-state index in [9.17, 15) is 4.79 Å². The van der Waals surface area contributed by atoms with E-state index in [1.807, 2.05) is 35.6 Å². The molecule has 0 fully saturated rings. The Labute approximate surface area is 118 Å². The molecular formula is C14H21BrN2O. The van der Waals surface area contributed by atoms with Gasteiger partial charge in [-0.15, -0.1) is 0 Å². The molecule has 0 unspecified atom stereocenters. The second-order valence-electron chi connectivity index (χ2n) is 4.82. The lowest BCUT2D eigenvalue weighted by atomic mass is 10.2. The monoisotopic (exact) mass is 312 g/mol. The number of carbonyl (C=O) groups is 1. The molecule has 0 saturated carbocycles. The highest BCUT2D eigenvalue weighted by Gasteiger charge is 2.19. The summed E-state index contributed by atoms with van der Waals surface area (Å²) in [6.45, 7) is 13.2. The second kappa shape index (κ2) is 6.23. The predicted molar refractivity (Wildman–Crippen MR) is 78.9 cm³/mol. The van der Waals surface area contributed by atoms with Crippen LogP contribution in [0.4, 0.5) is 0 Å². The SMILES string of the molecule is C=C(C)CN(CC)C(=O)c1cc(Br)cn1C(C)C. The van der Waals surface area contributed by atoms with Crippen LogP contribution in [0.5, 0.6) is 0 Å². The van der Waals surface area contributed by atoms with Crippen molar-refractivity contribution in [1.82, 2.24) is 9.47 Å². The molecule has 1 aromatic heterocycles. The number of rotatable bonds is 5. The number of amides is 1. The summed E-state index contributed by atoms with van der Waals surface area (Å²) in [6, 6.07) is 2.14. The molecule has 0 spiro atoms. The number of likely N-dealkylation sites (N-methyl/N-ethyl adjacent to an activating group) is 1. The predicted octanol–water partition coefficient (Wildman–Crippen LogP) is 3.87. The summed E-state index contributed by atoms with van der Waals surface area (Å²) in [4.78, 5) is 14.3. The van der Waals surface area contributed by atoms with Crippen molar-refractivity contribution in [3.05, 3.63) is 34.6 Å². The van der Waals surface area contributed by atoms with E-state index in [1.165, 1.54) is 0 Å². The Morgan fingerprint density at radius 2 is 2.17 bits per heavy atom. The van der Waals surface area contributed by atoms with Crippen LogP contribution in [-0.2, 0) is 0 Å². The topological polar surface area (TPSA) is 25.2 Å². The van der Waals surface area contributed by atoms with E-state index in [0.717, 1.165) is 15.7 Å². The molecule has 1 heterocycles. The van der Waals surface area contributed by atoms with Gasteiger partial charge in [-0.1, -0.05) is 12.2 Å². The van der Waals surface area contributed by atoms with Gasteiger partial charge in [0.1, 0.15) is 5.69 Å². The Kier molecular flexibility index (Phi) is 5.20. The van der Waals surface area contributed by atoms with E-state index in [1.54, 1.807) is 0 Å². The molecule has 3 nitrogen and oxygen atoms in total. The molecule has 100 valence electrons. The van der Waals surface area contributed by atoms with Crippen LogP contribution in [-0.4, -0.2) is 28.5 Å². The lowest BCUT2D eigenvalue weighted by Crippen LogP contribution is -2.33. The first-order chi connectivity index (χ1) is 8.36. The smallest absolute Gasteiger partial charge is 0.270 e. The molecule has 1 amide bonds. The maximum atomic E-state index is 12.5. The number of halogens is 1. The van der Waals surface area contributed by atoms with Crippen molar-refractivity contribution in [3.8, 4) is 0 Å². The molecule has 0 saturated heterocycles. The van der Waals surface area contributed by atoms with Gasteiger partial charge in [0.15, 0.2) is 0 Å². The summed E-state index contributed by atoms with van der Waals surface area (Å²) in [5.74, 6) is 0.0555. The first-order valence-corrected chi connectivity index (χ1v) is 6.97. The Hall–Kier alpha value is -1.03. The molecule has 0 aliphatic heterocycles. The Morgan fingerprint density at radius 3 is 2.61 bits per heavy atom. The van der Waals surface area contributed by atoms with Crippen molar-refractivity contribution in [2.24, 2.45) is 0 Å². The van der Waals surface area contributed by atoms with Crippen LogP contribution in [0.1, 0.15) is 44.2 Å². The van der Waals surface area contributed by atoms with Crippen LogP contribution in [0.15, 0.2) is 28.9 Å². The van der Waals surface area contributed by atoms with Crippen molar-refractivity contribution < 1.29 is 4.79 Å². The highest BCUT2D eigenvalue weighted by atomic mass is 79.9. The summed E-state index contributed by atoms with van der Waals surface area (Å²) < 4.78 is 2.93. The van der Waals surface area contributed by atoms with Crippen LogP contribution in [0.25, 0.3) is 0 Å². The Bertz CT molecular complexity index is 449. The van der Waals surface area contributed by atoms with Crippen molar-refractivity contribution >= 4 is 21.8 Å². The van der Waals surface area contributed by atoms with Crippen LogP contribution in [0.2, 0.25) is 0 Å². The van der Waals surface area contributed by atoms with Crippen molar-refractivity contribution in [3.63, 3.8) is 0 Å². The molecule has 0 radical (unpaired) electrons. The minimum atomic E-state index is 0.0555. The van der Waals surface area contributed by atoms with Gasteiger partial charge < -0.3 is 9.47 Å². The first-order valence-electron chi connectivity index (χ1n) is 6.17. The Balaban J connectivity index is 3.04. The van der Waals surface area contributed by atoms with Crippen LogP contribution < -0.4 is 0 Å². The zero-order valence-electron chi connectivity index (χ0n) is 11.5. The molecule has 4 heteroatoms. The standard InChI is InChI=1S/C14H21BrN2O/c1-6-16(8-10(2)3)14(18)13-7-12(15)9-17(13)11(4)5/h7,9,11H,2,6,8H2,1,3-5H3. The lowest BCUT2D eigenvalue weighted by molar-refractivity contribution is 0.0766. The summed E-state index contributed by atoms with van der Waals surface area (Å²) in [5, 5.41) is 0. The molecule has 18 heavy (non-hydrogen) atoms. The van der Waals surface area contributed by atoms with Crippen LogP contribution in [0, 0.1) is 0 Å². The molecule has 0 bridgehead atoms. The van der Waals surface area contributed by atoms with Gasteiger partial charge in [-0.3, -0.25) is 4.79 Å². The first kappa shape index (κ1) is 15.0. The molecule has 0 aliphatic rings. The van der Waals surface area contributed by atoms with Crippen molar-refractivity contribution in [2.75, 3.05) is 13.1 Å². The van der Waals surface area contributed by atoms with Crippen molar-refractivity contribution in [2.45, 2.75) is 33.7 Å². The molecule has 1 aromatic rings. The zero-order chi connectivity index (χ0) is 13.9. The van der Waals surface area contributed by atoms with E-state index in [-0.39, 0.29) is 11.9 Å². The van der Waals surface area contributed by atoms with Gasteiger partial charge in [0.25, 0.3) is 5.91 Å². The zero-order valence-corrected chi connectivity index (χ0v) is 13.1. The summed E-state index contributed by atoms with van der Waals surface area (Å²) in [6.07, 6.45) is 1.95. The molecule has 0 N–H and O–H groups in total. The summed E-state index contributed by atoms with van der Waals surface area (Å²) in [5.41, 5.74) is 1.71. The summed E-state index contributed by atoms with van der Waals surface area (Å²) in [7, 11) is 0. The van der Waals surface area contributed by atoms with Gasteiger partial charge in [-0.2, -0.15) is 0 Å². The minimum absolute atomic E-state index is 0.0555. The van der Waals surface area contributed by atoms with Gasteiger partial charge in [0.2, 0.25) is 0 Å². The number of nitrogens with zero attached hydrogens (tertiary/aromatic N) is 2. The average Bonchev–Trinajstić information content (AvgIpc) is 2.67. The minimum Gasteiger partial charge on any atom is -0.340 e. The van der Waals surface area contributed by atoms with Crippen LogP contribution >= 0.6 is 15.9 Å². The third-order valence-corrected chi connectivity index (χ3v) is 3.15. The fourth-order valence-corrected chi connectivity index (χ4v) is 2.30. The highest BCUT2D eigenvalue weighted by molar-refractivity contribution is 9.10. The maximum Gasteiger partial charge on any atom is 0.270 e.